The van der Waals surface area contributed by atoms with Crippen molar-refractivity contribution in [1.82, 2.24) is 10.2 Å². The van der Waals surface area contributed by atoms with E-state index in [0.717, 1.165) is 44.1 Å². The molecular weight excluding hydrogens is 294 g/mol. The van der Waals surface area contributed by atoms with Crippen LogP contribution in [0, 0.1) is 11.3 Å². The lowest BCUT2D eigenvalue weighted by Gasteiger charge is -2.47. The summed E-state index contributed by atoms with van der Waals surface area (Å²) < 4.78 is 11.5. The van der Waals surface area contributed by atoms with Crippen molar-refractivity contribution in [3.8, 4) is 6.07 Å². The first-order valence-electron chi connectivity index (χ1n) is 8.21. The number of aromatic nitrogens is 2. The second-order valence-electron chi connectivity index (χ2n) is 6.73. The summed E-state index contributed by atoms with van der Waals surface area (Å²) in [5, 5.41) is 17.8. The Morgan fingerprint density at radius 1 is 1.04 bits per heavy atom. The van der Waals surface area contributed by atoms with Gasteiger partial charge < -0.3 is 19.3 Å². The molecule has 5 rings (SSSR count). The van der Waals surface area contributed by atoms with Crippen LogP contribution in [-0.2, 0) is 9.47 Å². The Morgan fingerprint density at radius 3 is 2.30 bits per heavy atom. The van der Waals surface area contributed by atoms with Crippen molar-refractivity contribution in [2.24, 2.45) is 0 Å². The summed E-state index contributed by atoms with van der Waals surface area (Å²) in [7, 11) is 0. The summed E-state index contributed by atoms with van der Waals surface area (Å²) in [6.07, 6.45) is 2.05. The number of nitrogens with zero attached hydrogens (tertiary/aromatic N) is 5. The lowest BCUT2D eigenvalue weighted by atomic mass is 9.99. The fourth-order valence-corrected chi connectivity index (χ4v) is 3.76. The standard InChI is InChI=1S/C16H21N5O2/c1-10-6-20(7-11(2)22-10)15-4-16(19-18-14(15)5-17)21-8-12-3-13(9-21)23-12/h4,10-13H,3,6-9H2,1-2H3. The fourth-order valence-electron chi connectivity index (χ4n) is 3.76. The van der Waals surface area contributed by atoms with Crippen LogP contribution >= 0.6 is 0 Å². The molecule has 0 N–H and O–H groups in total. The molecule has 4 aliphatic heterocycles. The van der Waals surface area contributed by atoms with Gasteiger partial charge in [0.1, 0.15) is 6.07 Å². The number of nitriles is 1. The van der Waals surface area contributed by atoms with E-state index in [-0.39, 0.29) is 12.2 Å². The van der Waals surface area contributed by atoms with Crippen LogP contribution in [-0.4, -0.2) is 60.8 Å². The van der Waals surface area contributed by atoms with Gasteiger partial charge in [0.05, 0.1) is 30.1 Å². The highest BCUT2D eigenvalue weighted by Gasteiger charge is 2.39. The fraction of sp³-hybridized carbons (Fsp3) is 0.688. The van der Waals surface area contributed by atoms with Crippen LogP contribution in [0.5, 0.6) is 0 Å². The number of ether oxygens (including phenoxy) is 2. The van der Waals surface area contributed by atoms with Crippen LogP contribution in [0.15, 0.2) is 6.07 Å². The predicted molar refractivity (Wildman–Crippen MR) is 84.5 cm³/mol. The first kappa shape index (κ1) is 14.7. The minimum absolute atomic E-state index is 0.137. The van der Waals surface area contributed by atoms with Crippen LogP contribution in [0.4, 0.5) is 11.5 Å². The van der Waals surface area contributed by atoms with Gasteiger partial charge in [0, 0.05) is 38.7 Å². The maximum atomic E-state index is 9.39. The Balaban J connectivity index is 1.62. The number of hydrogen-bond donors (Lipinski definition) is 0. The van der Waals surface area contributed by atoms with Gasteiger partial charge in [-0.15, -0.1) is 10.2 Å². The monoisotopic (exact) mass is 315 g/mol. The normalized spacial score (nSPS) is 33.1. The highest BCUT2D eigenvalue weighted by molar-refractivity contribution is 5.62. The Hall–Kier alpha value is -1.91. The Kier molecular flexibility index (Phi) is 3.58. The van der Waals surface area contributed by atoms with Gasteiger partial charge in [0.15, 0.2) is 11.5 Å². The van der Waals surface area contributed by atoms with Crippen molar-refractivity contribution < 1.29 is 9.47 Å². The lowest BCUT2D eigenvalue weighted by molar-refractivity contribution is -0.133. The van der Waals surface area contributed by atoms with E-state index in [1.54, 1.807) is 0 Å². The molecule has 7 heteroatoms. The zero-order valence-electron chi connectivity index (χ0n) is 13.5. The minimum Gasteiger partial charge on any atom is -0.372 e. The van der Waals surface area contributed by atoms with Gasteiger partial charge in [-0.3, -0.25) is 0 Å². The maximum Gasteiger partial charge on any atom is 0.186 e. The van der Waals surface area contributed by atoms with Crippen molar-refractivity contribution in [2.75, 3.05) is 36.0 Å². The highest BCUT2D eigenvalue weighted by atomic mass is 16.5. The number of rotatable bonds is 2. The molecule has 4 aliphatic rings. The van der Waals surface area contributed by atoms with Crippen LogP contribution in [0.1, 0.15) is 26.0 Å². The highest BCUT2D eigenvalue weighted by Crippen LogP contribution is 2.32. The number of morpholine rings is 2. The molecule has 4 atom stereocenters. The SMILES string of the molecule is CC1CN(c2cc(N3CC4CC(C3)O4)nnc2C#N)CC(C)O1. The molecule has 0 aromatic carbocycles. The maximum absolute atomic E-state index is 9.39. The third kappa shape index (κ3) is 2.73. The van der Waals surface area contributed by atoms with Crippen molar-refractivity contribution >= 4 is 11.5 Å². The van der Waals surface area contributed by atoms with E-state index in [1.807, 2.05) is 6.07 Å². The average Bonchev–Trinajstić information content (AvgIpc) is 2.53. The zero-order chi connectivity index (χ0) is 16.0. The number of fused-ring (bicyclic) bond motifs is 2. The van der Waals surface area contributed by atoms with E-state index in [2.05, 4.69) is 39.9 Å². The van der Waals surface area contributed by atoms with Crippen LogP contribution < -0.4 is 9.80 Å². The molecule has 0 spiro atoms. The molecule has 1 aromatic heterocycles. The van der Waals surface area contributed by atoms with Gasteiger partial charge in [0.25, 0.3) is 0 Å². The molecule has 4 saturated heterocycles. The van der Waals surface area contributed by atoms with Crippen LogP contribution in [0.2, 0.25) is 0 Å². The van der Waals surface area contributed by atoms with E-state index in [9.17, 15) is 5.26 Å². The molecule has 23 heavy (non-hydrogen) atoms. The van der Waals surface area contributed by atoms with Gasteiger partial charge in [-0.25, -0.2) is 0 Å². The first-order chi connectivity index (χ1) is 11.1. The number of piperidine rings is 1. The Labute approximate surface area is 135 Å². The molecule has 122 valence electrons. The average molecular weight is 315 g/mol. The third-order valence-corrected chi connectivity index (χ3v) is 4.71. The smallest absolute Gasteiger partial charge is 0.186 e. The van der Waals surface area contributed by atoms with Crippen molar-refractivity contribution in [2.45, 2.75) is 44.7 Å². The van der Waals surface area contributed by atoms with Crippen LogP contribution in [0.25, 0.3) is 0 Å². The van der Waals surface area contributed by atoms with Gasteiger partial charge in [-0.05, 0) is 13.8 Å². The molecular formula is C16H21N5O2. The molecule has 0 radical (unpaired) electrons. The molecule has 0 saturated carbocycles. The second-order valence-corrected chi connectivity index (χ2v) is 6.73. The third-order valence-electron chi connectivity index (χ3n) is 4.71. The lowest BCUT2D eigenvalue weighted by Crippen LogP contribution is -2.57. The van der Waals surface area contributed by atoms with Gasteiger partial charge in [-0.1, -0.05) is 0 Å². The van der Waals surface area contributed by atoms with E-state index < -0.39 is 0 Å². The Morgan fingerprint density at radius 2 is 1.70 bits per heavy atom. The van der Waals surface area contributed by atoms with E-state index in [4.69, 9.17) is 9.47 Å². The summed E-state index contributed by atoms with van der Waals surface area (Å²) in [6.45, 7) is 7.34. The van der Waals surface area contributed by atoms with E-state index in [0.29, 0.717) is 17.9 Å². The quantitative estimate of drug-likeness (QED) is 0.804. The molecule has 2 bridgehead atoms. The number of hydrogen-bond acceptors (Lipinski definition) is 7. The Bertz CT molecular complexity index is 620. The van der Waals surface area contributed by atoms with Crippen LogP contribution in [0.3, 0.4) is 0 Å². The topological polar surface area (TPSA) is 74.5 Å². The molecule has 7 nitrogen and oxygen atoms in total. The van der Waals surface area contributed by atoms with Crippen molar-refractivity contribution in [3.05, 3.63) is 11.8 Å². The second kappa shape index (κ2) is 5.62. The van der Waals surface area contributed by atoms with Gasteiger partial charge in [-0.2, -0.15) is 5.26 Å². The van der Waals surface area contributed by atoms with Gasteiger partial charge >= 0.3 is 0 Å². The first-order valence-corrected chi connectivity index (χ1v) is 8.21. The minimum atomic E-state index is 0.137. The molecule has 4 unspecified atom stereocenters. The molecule has 0 amide bonds. The van der Waals surface area contributed by atoms with Crippen molar-refractivity contribution in [3.63, 3.8) is 0 Å². The summed E-state index contributed by atoms with van der Waals surface area (Å²) in [4.78, 5) is 4.41. The summed E-state index contributed by atoms with van der Waals surface area (Å²) in [5.41, 5.74) is 1.24. The zero-order valence-corrected chi connectivity index (χ0v) is 13.5. The molecule has 0 aliphatic carbocycles. The largest absolute Gasteiger partial charge is 0.372 e. The molecule has 4 fully saturated rings. The van der Waals surface area contributed by atoms with Crippen molar-refractivity contribution in [1.29, 1.82) is 5.26 Å². The number of anilines is 2. The summed E-state index contributed by atoms with van der Waals surface area (Å²) in [5.74, 6) is 0.837. The molecule has 1 aromatic rings. The summed E-state index contributed by atoms with van der Waals surface area (Å²) in [6, 6.07) is 4.17. The van der Waals surface area contributed by atoms with Gasteiger partial charge in [0.2, 0.25) is 0 Å². The summed E-state index contributed by atoms with van der Waals surface area (Å²) >= 11 is 0. The van der Waals surface area contributed by atoms with E-state index in [1.165, 1.54) is 0 Å². The molecule has 5 heterocycles. The van der Waals surface area contributed by atoms with E-state index >= 15 is 0 Å². The predicted octanol–water partition coefficient (Wildman–Crippen LogP) is 0.939.